The Morgan fingerprint density at radius 1 is 0.944 bits per heavy atom. The minimum atomic E-state index is -0.0680. The maximum atomic E-state index is 12.0. The topological polar surface area (TPSA) is 29.5 Å². The largest absolute Gasteiger partial charge is 0.457 e. The van der Waals surface area contributed by atoms with Gasteiger partial charge in [-0.3, -0.25) is 4.79 Å². The normalized spacial score (nSPS) is 9.89. The summed E-state index contributed by atoms with van der Waals surface area (Å²) in [4.78, 5) is 13.5. The monoisotopic (exact) mass is 241 g/mol. The summed E-state index contributed by atoms with van der Waals surface area (Å²) in [6, 6.07) is 16.7. The lowest BCUT2D eigenvalue weighted by Gasteiger charge is -2.14. The van der Waals surface area contributed by atoms with E-state index in [1.54, 1.807) is 26.2 Å². The molecule has 2 rings (SSSR count). The maximum Gasteiger partial charge on any atom is 0.257 e. The van der Waals surface area contributed by atoms with Gasteiger partial charge in [-0.2, -0.15) is 0 Å². The summed E-state index contributed by atoms with van der Waals surface area (Å²) >= 11 is 0. The van der Waals surface area contributed by atoms with Gasteiger partial charge in [-0.1, -0.05) is 30.3 Å². The predicted octanol–water partition coefficient (Wildman–Crippen LogP) is 3.18. The minimum Gasteiger partial charge on any atom is -0.457 e. The van der Waals surface area contributed by atoms with Crippen LogP contribution in [0.15, 0.2) is 54.6 Å². The van der Waals surface area contributed by atoms with E-state index < -0.39 is 0 Å². The molecule has 0 aliphatic heterocycles. The van der Waals surface area contributed by atoms with Crippen LogP contribution in [0.3, 0.4) is 0 Å². The second kappa shape index (κ2) is 5.36. The highest BCUT2D eigenvalue weighted by Gasteiger charge is 2.14. The summed E-state index contributed by atoms with van der Waals surface area (Å²) in [5.74, 6) is 1.22. The van der Waals surface area contributed by atoms with Crippen molar-refractivity contribution in [2.75, 3.05) is 14.1 Å². The van der Waals surface area contributed by atoms with Crippen molar-refractivity contribution in [1.29, 1.82) is 0 Å². The summed E-state index contributed by atoms with van der Waals surface area (Å²) in [6.45, 7) is 0. The highest BCUT2D eigenvalue weighted by atomic mass is 16.5. The van der Waals surface area contributed by atoms with Crippen LogP contribution in [0.4, 0.5) is 0 Å². The quantitative estimate of drug-likeness (QED) is 0.826. The van der Waals surface area contributed by atoms with Crippen molar-refractivity contribution in [3.05, 3.63) is 60.2 Å². The van der Waals surface area contributed by atoms with Crippen molar-refractivity contribution in [3.63, 3.8) is 0 Å². The molecule has 3 nitrogen and oxygen atoms in total. The molecule has 0 spiro atoms. The van der Waals surface area contributed by atoms with Crippen molar-refractivity contribution in [2.45, 2.75) is 0 Å². The Kier molecular flexibility index (Phi) is 3.63. The molecule has 0 bridgehead atoms. The highest BCUT2D eigenvalue weighted by Crippen LogP contribution is 2.25. The molecular weight excluding hydrogens is 226 g/mol. The van der Waals surface area contributed by atoms with Crippen molar-refractivity contribution >= 4 is 5.91 Å². The van der Waals surface area contributed by atoms with Crippen LogP contribution >= 0.6 is 0 Å². The Labute approximate surface area is 107 Å². The van der Waals surface area contributed by atoms with Crippen LogP contribution < -0.4 is 4.74 Å². The van der Waals surface area contributed by atoms with E-state index in [2.05, 4.69) is 0 Å². The number of hydrogen-bond acceptors (Lipinski definition) is 2. The number of benzene rings is 2. The van der Waals surface area contributed by atoms with Crippen LogP contribution in [-0.4, -0.2) is 24.9 Å². The fraction of sp³-hybridized carbons (Fsp3) is 0.133. The van der Waals surface area contributed by atoms with E-state index in [1.807, 2.05) is 42.5 Å². The lowest BCUT2D eigenvalue weighted by atomic mass is 10.2. The number of hydrogen-bond donors (Lipinski definition) is 0. The molecule has 0 radical (unpaired) electrons. The first-order chi connectivity index (χ1) is 8.68. The van der Waals surface area contributed by atoms with E-state index in [0.717, 1.165) is 5.75 Å². The minimum absolute atomic E-state index is 0.0680. The molecule has 2 aromatic carbocycles. The fourth-order valence-corrected chi connectivity index (χ4v) is 1.59. The first kappa shape index (κ1) is 12.2. The fourth-order valence-electron chi connectivity index (χ4n) is 1.59. The van der Waals surface area contributed by atoms with E-state index in [9.17, 15) is 4.79 Å². The highest BCUT2D eigenvalue weighted by molar-refractivity contribution is 5.96. The van der Waals surface area contributed by atoms with E-state index in [4.69, 9.17) is 4.74 Å². The van der Waals surface area contributed by atoms with Crippen LogP contribution in [0.5, 0.6) is 11.5 Å². The standard InChI is InChI=1S/C15H15NO2/c1-16(2)15(17)13-10-6-7-11-14(13)18-12-8-4-3-5-9-12/h3-11H,1-2H3. The second-order valence-corrected chi connectivity index (χ2v) is 4.11. The zero-order valence-electron chi connectivity index (χ0n) is 10.5. The molecule has 0 fully saturated rings. The summed E-state index contributed by atoms with van der Waals surface area (Å²) in [5, 5.41) is 0. The Balaban J connectivity index is 2.31. The molecule has 18 heavy (non-hydrogen) atoms. The number of nitrogens with zero attached hydrogens (tertiary/aromatic N) is 1. The van der Waals surface area contributed by atoms with Crippen LogP contribution in [-0.2, 0) is 0 Å². The number of carbonyl (C=O) groups excluding carboxylic acids is 1. The SMILES string of the molecule is CN(C)C(=O)c1ccccc1Oc1ccccc1. The van der Waals surface area contributed by atoms with E-state index in [-0.39, 0.29) is 5.91 Å². The Bertz CT molecular complexity index is 535. The summed E-state index contributed by atoms with van der Waals surface area (Å²) in [5.41, 5.74) is 0.561. The number of carbonyl (C=O) groups is 1. The molecule has 2 aromatic rings. The van der Waals surface area contributed by atoms with Gasteiger partial charge < -0.3 is 9.64 Å². The summed E-state index contributed by atoms with van der Waals surface area (Å²) in [7, 11) is 3.45. The van der Waals surface area contributed by atoms with Crippen molar-refractivity contribution in [3.8, 4) is 11.5 Å². The van der Waals surface area contributed by atoms with Crippen molar-refractivity contribution in [1.82, 2.24) is 4.90 Å². The van der Waals surface area contributed by atoms with Crippen LogP contribution in [0, 0.1) is 0 Å². The molecule has 0 N–H and O–H groups in total. The second-order valence-electron chi connectivity index (χ2n) is 4.11. The van der Waals surface area contributed by atoms with Gasteiger partial charge in [0.05, 0.1) is 5.56 Å². The lowest BCUT2D eigenvalue weighted by molar-refractivity contribution is 0.0825. The predicted molar refractivity (Wildman–Crippen MR) is 71.0 cm³/mol. The third kappa shape index (κ3) is 2.69. The zero-order chi connectivity index (χ0) is 13.0. The first-order valence-corrected chi connectivity index (χ1v) is 5.72. The Hall–Kier alpha value is -2.29. The molecule has 0 saturated carbocycles. The van der Waals surface area contributed by atoms with E-state index in [1.165, 1.54) is 4.90 Å². The van der Waals surface area contributed by atoms with E-state index >= 15 is 0 Å². The molecule has 1 amide bonds. The zero-order valence-corrected chi connectivity index (χ0v) is 10.5. The number of amides is 1. The van der Waals surface area contributed by atoms with Gasteiger partial charge in [0.15, 0.2) is 0 Å². The van der Waals surface area contributed by atoms with Crippen molar-refractivity contribution in [2.24, 2.45) is 0 Å². The summed E-state index contributed by atoms with van der Waals surface area (Å²) in [6.07, 6.45) is 0. The van der Waals surface area contributed by atoms with Crippen molar-refractivity contribution < 1.29 is 9.53 Å². The van der Waals surface area contributed by atoms with Gasteiger partial charge in [-0.25, -0.2) is 0 Å². The number of rotatable bonds is 3. The molecule has 0 unspecified atom stereocenters. The molecule has 0 aliphatic carbocycles. The number of para-hydroxylation sites is 2. The third-order valence-electron chi connectivity index (χ3n) is 2.49. The van der Waals surface area contributed by atoms with Gasteiger partial charge in [-0.05, 0) is 24.3 Å². The molecule has 0 atom stereocenters. The summed E-state index contributed by atoms with van der Waals surface area (Å²) < 4.78 is 5.73. The van der Waals surface area contributed by atoms with Gasteiger partial charge >= 0.3 is 0 Å². The van der Waals surface area contributed by atoms with E-state index in [0.29, 0.717) is 11.3 Å². The molecule has 92 valence electrons. The lowest BCUT2D eigenvalue weighted by Crippen LogP contribution is -2.22. The molecule has 0 heterocycles. The average molecular weight is 241 g/mol. The Morgan fingerprint density at radius 3 is 2.22 bits per heavy atom. The van der Waals surface area contributed by atoms with Gasteiger partial charge in [-0.15, -0.1) is 0 Å². The van der Waals surface area contributed by atoms with Gasteiger partial charge in [0, 0.05) is 14.1 Å². The van der Waals surface area contributed by atoms with Crippen LogP contribution in [0.1, 0.15) is 10.4 Å². The van der Waals surface area contributed by atoms with Crippen LogP contribution in [0.25, 0.3) is 0 Å². The molecule has 3 heteroatoms. The van der Waals surface area contributed by atoms with Gasteiger partial charge in [0.1, 0.15) is 11.5 Å². The first-order valence-electron chi connectivity index (χ1n) is 5.72. The van der Waals surface area contributed by atoms with Gasteiger partial charge in [0.2, 0.25) is 0 Å². The maximum absolute atomic E-state index is 12.0. The smallest absolute Gasteiger partial charge is 0.257 e. The molecular formula is C15H15NO2. The Morgan fingerprint density at radius 2 is 1.56 bits per heavy atom. The molecule has 0 aliphatic rings. The van der Waals surface area contributed by atoms with Gasteiger partial charge in [0.25, 0.3) is 5.91 Å². The van der Waals surface area contributed by atoms with Crippen LogP contribution in [0.2, 0.25) is 0 Å². The third-order valence-corrected chi connectivity index (χ3v) is 2.49. The average Bonchev–Trinajstić information content (AvgIpc) is 2.39. The molecule has 0 saturated heterocycles. The molecule has 0 aromatic heterocycles. The number of ether oxygens (including phenoxy) is 1.